The number of carboxylic acid groups (broad SMARTS) is 1. The minimum atomic E-state index is -0.990. The van der Waals surface area contributed by atoms with Crippen molar-refractivity contribution >= 4 is 29.1 Å². The molecule has 8 heteroatoms. The average molecular weight is 498 g/mol. The minimum absolute atomic E-state index is 0.0143. The maximum Gasteiger partial charge on any atom is 0.335 e. The Kier molecular flexibility index (Phi) is 8.23. The molecule has 1 aromatic carbocycles. The van der Waals surface area contributed by atoms with Gasteiger partial charge >= 0.3 is 5.97 Å². The second kappa shape index (κ2) is 11.4. The molecule has 1 unspecified atom stereocenters. The number of nitrogens with two attached hydrogens (primary N) is 1. The molecule has 1 saturated heterocycles. The molecular formula is C27H35N3O4S. The number of rotatable bonds is 8. The van der Waals surface area contributed by atoms with Crippen molar-refractivity contribution in [2.75, 3.05) is 13.1 Å². The minimum Gasteiger partial charge on any atom is -0.478 e. The van der Waals surface area contributed by atoms with Crippen molar-refractivity contribution in [3.05, 3.63) is 57.8 Å². The number of nitrogens with zero attached hydrogens (tertiary/aromatic N) is 1. The molecular weight excluding hydrogens is 462 g/mol. The number of carboxylic acids is 1. The van der Waals surface area contributed by atoms with E-state index in [1.807, 2.05) is 23.6 Å². The van der Waals surface area contributed by atoms with E-state index in [0.29, 0.717) is 44.3 Å². The summed E-state index contributed by atoms with van der Waals surface area (Å²) < 4.78 is 0. The predicted molar refractivity (Wildman–Crippen MR) is 136 cm³/mol. The second-order valence-electron chi connectivity index (χ2n) is 9.94. The Labute approximate surface area is 210 Å². The van der Waals surface area contributed by atoms with Crippen LogP contribution in [0.2, 0.25) is 0 Å². The molecule has 2 heterocycles. The van der Waals surface area contributed by atoms with Crippen LogP contribution in [0.1, 0.15) is 65.7 Å². The number of aromatic carboxylic acids is 1. The first-order valence-corrected chi connectivity index (χ1v) is 13.4. The molecule has 7 nitrogen and oxygen atoms in total. The molecule has 2 aromatic rings. The number of carbonyl (C=O) groups excluding carboxylic acids is 2. The number of nitrogens with one attached hydrogen (secondary N) is 1. The van der Waals surface area contributed by atoms with Crippen molar-refractivity contribution in [2.45, 2.75) is 69.9 Å². The number of piperidine rings is 1. The number of hydrogen-bond acceptors (Lipinski definition) is 5. The first-order chi connectivity index (χ1) is 16.9. The Balaban J connectivity index is 1.50. The van der Waals surface area contributed by atoms with Gasteiger partial charge in [0.2, 0.25) is 11.8 Å². The van der Waals surface area contributed by atoms with E-state index >= 15 is 0 Å². The Morgan fingerprint density at radius 2 is 1.80 bits per heavy atom. The smallest absolute Gasteiger partial charge is 0.335 e. The van der Waals surface area contributed by atoms with Gasteiger partial charge in [0.05, 0.1) is 17.0 Å². The van der Waals surface area contributed by atoms with Gasteiger partial charge < -0.3 is 21.1 Å². The summed E-state index contributed by atoms with van der Waals surface area (Å²) in [5.74, 6) is -1.10. The van der Waals surface area contributed by atoms with Crippen LogP contribution >= 0.6 is 11.3 Å². The fourth-order valence-electron chi connectivity index (χ4n) is 5.44. The van der Waals surface area contributed by atoms with Gasteiger partial charge in [-0.3, -0.25) is 9.59 Å². The zero-order valence-electron chi connectivity index (χ0n) is 20.1. The summed E-state index contributed by atoms with van der Waals surface area (Å²) in [6.07, 6.45) is 7.21. The second-order valence-corrected chi connectivity index (χ2v) is 11.0. The number of hydrogen-bond donors (Lipinski definition) is 3. The number of amides is 2. The highest BCUT2D eigenvalue weighted by Crippen LogP contribution is 2.37. The number of likely N-dealkylation sites (tertiary alicyclic amines) is 1. The molecule has 35 heavy (non-hydrogen) atoms. The first-order valence-electron chi connectivity index (χ1n) is 12.6. The highest BCUT2D eigenvalue weighted by molar-refractivity contribution is 7.09. The largest absolute Gasteiger partial charge is 0.478 e. The van der Waals surface area contributed by atoms with E-state index in [2.05, 4.69) is 5.32 Å². The molecule has 4 rings (SSSR count). The van der Waals surface area contributed by atoms with Gasteiger partial charge in [-0.2, -0.15) is 0 Å². The standard InChI is InChI=1S/C27H35N3O4S/c28-23(17-21-10-6-16-35-21)24(31)30-14-12-27(13-15-30,26(34)29-20-8-2-1-3-9-20)18-19-7-4-5-11-22(19)25(32)33/h4-7,10-11,16,20,23H,1-3,8-9,12-15,17-18,28H2,(H,29,34)(H,32,33). The summed E-state index contributed by atoms with van der Waals surface area (Å²) in [5.41, 5.74) is 6.38. The fraction of sp³-hybridized carbons (Fsp3) is 0.519. The summed E-state index contributed by atoms with van der Waals surface area (Å²) >= 11 is 1.59. The van der Waals surface area contributed by atoms with Crippen molar-refractivity contribution < 1.29 is 19.5 Å². The third-order valence-electron chi connectivity index (χ3n) is 7.55. The number of carbonyl (C=O) groups is 3. The lowest BCUT2D eigenvalue weighted by Crippen LogP contribution is -2.55. The normalized spacial score (nSPS) is 19.2. The zero-order chi connectivity index (χ0) is 24.8. The van der Waals surface area contributed by atoms with Crippen LogP contribution in [0, 0.1) is 5.41 Å². The van der Waals surface area contributed by atoms with Gasteiger partial charge in [-0.1, -0.05) is 43.5 Å². The van der Waals surface area contributed by atoms with Crippen LogP contribution in [-0.2, 0) is 22.4 Å². The molecule has 0 spiro atoms. The summed E-state index contributed by atoms with van der Waals surface area (Å²) in [6, 6.07) is 10.4. The summed E-state index contributed by atoms with van der Waals surface area (Å²) in [7, 11) is 0. The zero-order valence-corrected chi connectivity index (χ0v) is 20.9. The maximum atomic E-state index is 13.7. The van der Waals surface area contributed by atoms with Crippen molar-refractivity contribution in [2.24, 2.45) is 11.1 Å². The van der Waals surface area contributed by atoms with Crippen molar-refractivity contribution in [1.29, 1.82) is 0 Å². The quantitative estimate of drug-likeness (QED) is 0.516. The molecule has 1 aliphatic carbocycles. The van der Waals surface area contributed by atoms with E-state index in [1.54, 1.807) is 34.4 Å². The molecule has 4 N–H and O–H groups in total. The van der Waals surface area contributed by atoms with Crippen LogP contribution in [-0.4, -0.2) is 53.0 Å². The highest BCUT2D eigenvalue weighted by Gasteiger charge is 2.44. The van der Waals surface area contributed by atoms with Gasteiger partial charge in [-0.15, -0.1) is 11.3 Å². The number of benzene rings is 1. The molecule has 2 amide bonds. The van der Waals surface area contributed by atoms with Crippen LogP contribution in [0.25, 0.3) is 0 Å². The molecule has 1 atom stereocenters. The lowest BCUT2D eigenvalue weighted by molar-refractivity contribution is -0.141. The first kappa shape index (κ1) is 25.4. The summed E-state index contributed by atoms with van der Waals surface area (Å²) in [5, 5.41) is 14.9. The van der Waals surface area contributed by atoms with E-state index < -0.39 is 17.4 Å². The van der Waals surface area contributed by atoms with Gasteiger partial charge in [0, 0.05) is 30.4 Å². The predicted octanol–water partition coefficient (Wildman–Crippen LogP) is 3.62. The molecule has 2 aliphatic rings. The molecule has 1 aliphatic heterocycles. The van der Waals surface area contributed by atoms with Gasteiger partial charge in [0.1, 0.15) is 0 Å². The SMILES string of the molecule is NC(Cc1cccs1)C(=O)N1CCC(Cc2ccccc2C(=O)O)(C(=O)NC2CCCCC2)CC1. The van der Waals surface area contributed by atoms with Crippen molar-refractivity contribution in [3.8, 4) is 0 Å². The average Bonchev–Trinajstić information content (AvgIpc) is 3.38. The van der Waals surface area contributed by atoms with Crippen molar-refractivity contribution in [1.82, 2.24) is 10.2 Å². The summed E-state index contributed by atoms with van der Waals surface area (Å²) in [4.78, 5) is 41.4. The van der Waals surface area contributed by atoms with Gasteiger partial charge in [0.15, 0.2) is 0 Å². The Hall–Kier alpha value is -2.71. The molecule has 1 saturated carbocycles. The Morgan fingerprint density at radius 3 is 2.46 bits per heavy atom. The molecule has 0 bridgehead atoms. The fourth-order valence-corrected chi connectivity index (χ4v) is 6.20. The van der Waals surface area contributed by atoms with E-state index in [9.17, 15) is 19.5 Å². The lowest BCUT2D eigenvalue weighted by Gasteiger charge is -2.42. The molecule has 0 radical (unpaired) electrons. The molecule has 2 fully saturated rings. The third-order valence-corrected chi connectivity index (χ3v) is 8.45. The summed E-state index contributed by atoms with van der Waals surface area (Å²) in [6.45, 7) is 0.870. The van der Waals surface area contributed by atoms with E-state index in [-0.39, 0.29) is 23.4 Å². The maximum absolute atomic E-state index is 13.7. The van der Waals surface area contributed by atoms with E-state index in [0.717, 1.165) is 30.6 Å². The van der Waals surface area contributed by atoms with Crippen LogP contribution in [0.4, 0.5) is 0 Å². The van der Waals surface area contributed by atoms with E-state index in [1.165, 1.54) is 6.42 Å². The monoisotopic (exact) mass is 497 g/mol. The highest BCUT2D eigenvalue weighted by atomic mass is 32.1. The van der Waals surface area contributed by atoms with Gasteiger partial charge in [-0.25, -0.2) is 4.79 Å². The van der Waals surface area contributed by atoms with Crippen LogP contribution < -0.4 is 11.1 Å². The topological polar surface area (TPSA) is 113 Å². The van der Waals surface area contributed by atoms with E-state index in [4.69, 9.17) is 5.73 Å². The van der Waals surface area contributed by atoms with Crippen LogP contribution in [0.15, 0.2) is 41.8 Å². The Bertz CT molecular complexity index is 1020. The lowest BCUT2D eigenvalue weighted by atomic mass is 9.72. The molecule has 1 aromatic heterocycles. The third kappa shape index (κ3) is 6.11. The van der Waals surface area contributed by atoms with Gasteiger partial charge in [-0.05, 0) is 55.2 Å². The van der Waals surface area contributed by atoms with Crippen molar-refractivity contribution in [3.63, 3.8) is 0 Å². The molecule has 188 valence electrons. The van der Waals surface area contributed by atoms with Gasteiger partial charge in [0.25, 0.3) is 0 Å². The number of thiophene rings is 1. The Morgan fingerprint density at radius 1 is 1.09 bits per heavy atom. The van der Waals surface area contributed by atoms with Crippen LogP contribution in [0.3, 0.4) is 0 Å². The van der Waals surface area contributed by atoms with Crippen LogP contribution in [0.5, 0.6) is 0 Å².